The molecule has 0 saturated carbocycles. The molecule has 0 spiro atoms. The van der Waals surface area contributed by atoms with Gasteiger partial charge in [-0.3, -0.25) is 5.10 Å². The van der Waals surface area contributed by atoms with Crippen LogP contribution in [0, 0.1) is 5.92 Å². The van der Waals surface area contributed by atoms with Gasteiger partial charge in [-0.25, -0.2) is 4.79 Å². The average Bonchev–Trinajstić information content (AvgIpc) is 3.34. The first-order chi connectivity index (χ1) is 14.3. The minimum atomic E-state index is -0.483. The van der Waals surface area contributed by atoms with Crippen LogP contribution in [0.25, 0.3) is 22.4 Å². The molecule has 30 heavy (non-hydrogen) atoms. The van der Waals surface area contributed by atoms with Gasteiger partial charge in [-0.1, -0.05) is 55.5 Å². The maximum absolute atomic E-state index is 12.5. The number of ether oxygens (including phenoxy) is 1. The Labute approximate surface area is 178 Å². The van der Waals surface area contributed by atoms with E-state index >= 15 is 0 Å². The number of nitrogens with zero attached hydrogens (tertiary/aromatic N) is 2. The van der Waals surface area contributed by atoms with E-state index in [1.807, 2.05) is 39.0 Å². The summed E-state index contributed by atoms with van der Waals surface area (Å²) in [6.45, 7) is 9.19. The number of rotatable bonds is 3. The van der Waals surface area contributed by atoms with Gasteiger partial charge in [0.1, 0.15) is 5.60 Å². The number of carbonyl (C=O) groups is 1. The molecule has 0 bridgehead atoms. The minimum Gasteiger partial charge on any atom is -0.444 e. The van der Waals surface area contributed by atoms with E-state index in [2.05, 4.69) is 59.6 Å². The van der Waals surface area contributed by atoms with Crippen molar-refractivity contribution in [1.82, 2.24) is 15.1 Å². The van der Waals surface area contributed by atoms with Gasteiger partial charge in [0.05, 0.1) is 5.69 Å². The number of aromatic nitrogens is 2. The maximum atomic E-state index is 12.5. The molecule has 0 unspecified atom stereocenters. The molecule has 2 aromatic carbocycles. The lowest BCUT2D eigenvalue weighted by atomic mass is 9.94. The summed E-state index contributed by atoms with van der Waals surface area (Å²) in [5, 5.41) is 7.78. The molecule has 1 amide bonds. The Morgan fingerprint density at radius 3 is 2.43 bits per heavy atom. The van der Waals surface area contributed by atoms with Crippen LogP contribution in [0.3, 0.4) is 0 Å². The van der Waals surface area contributed by atoms with Crippen molar-refractivity contribution in [2.24, 2.45) is 5.92 Å². The highest BCUT2D eigenvalue weighted by atomic mass is 16.6. The first kappa shape index (κ1) is 20.2. The number of hydrogen-bond donors (Lipinski definition) is 1. The summed E-state index contributed by atoms with van der Waals surface area (Å²) in [4.78, 5) is 14.3. The summed E-state index contributed by atoms with van der Waals surface area (Å²) < 4.78 is 5.55. The Kier molecular flexibility index (Phi) is 5.37. The highest BCUT2D eigenvalue weighted by Crippen LogP contribution is 2.34. The van der Waals surface area contributed by atoms with Crippen LogP contribution in [0.5, 0.6) is 0 Å². The second-order valence-corrected chi connectivity index (χ2v) is 9.12. The Hall–Kier alpha value is -3.08. The highest BCUT2D eigenvalue weighted by Gasteiger charge is 2.36. The average molecular weight is 404 g/mol. The van der Waals surface area contributed by atoms with Gasteiger partial charge in [-0.05, 0) is 49.9 Å². The molecule has 3 aromatic rings. The van der Waals surface area contributed by atoms with E-state index in [9.17, 15) is 4.79 Å². The first-order valence-corrected chi connectivity index (χ1v) is 10.5. The van der Waals surface area contributed by atoms with E-state index in [1.165, 1.54) is 11.1 Å². The molecule has 156 valence electrons. The lowest BCUT2D eigenvalue weighted by Gasteiger charge is -2.24. The molecule has 5 heteroatoms. The molecular weight excluding hydrogens is 374 g/mol. The van der Waals surface area contributed by atoms with Crippen molar-refractivity contribution in [2.75, 3.05) is 13.1 Å². The number of benzene rings is 2. The van der Waals surface area contributed by atoms with E-state index in [4.69, 9.17) is 4.74 Å². The number of amides is 1. The molecule has 1 aliphatic heterocycles. The Balaban J connectivity index is 1.52. The van der Waals surface area contributed by atoms with Crippen LogP contribution >= 0.6 is 0 Å². The van der Waals surface area contributed by atoms with E-state index in [0.29, 0.717) is 19.0 Å². The molecule has 1 saturated heterocycles. The van der Waals surface area contributed by atoms with Gasteiger partial charge in [-0.15, -0.1) is 0 Å². The molecular formula is C25H29N3O2. The zero-order valence-electron chi connectivity index (χ0n) is 18.1. The number of nitrogens with one attached hydrogen (secondary N) is 1. The van der Waals surface area contributed by atoms with Crippen LogP contribution in [0.15, 0.2) is 60.7 Å². The van der Waals surface area contributed by atoms with E-state index < -0.39 is 5.60 Å². The van der Waals surface area contributed by atoms with Crippen LogP contribution < -0.4 is 0 Å². The fourth-order valence-electron chi connectivity index (χ4n) is 4.01. The fraction of sp³-hybridized carbons (Fsp3) is 0.360. The zero-order valence-corrected chi connectivity index (χ0v) is 18.1. The van der Waals surface area contributed by atoms with Gasteiger partial charge in [0.2, 0.25) is 0 Å². The minimum absolute atomic E-state index is 0.219. The van der Waals surface area contributed by atoms with Crippen molar-refractivity contribution in [1.29, 1.82) is 0 Å². The monoisotopic (exact) mass is 403 g/mol. The van der Waals surface area contributed by atoms with Gasteiger partial charge < -0.3 is 9.64 Å². The van der Waals surface area contributed by atoms with Gasteiger partial charge in [0, 0.05) is 30.3 Å². The smallest absolute Gasteiger partial charge is 0.410 e. The van der Waals surface area contributed by atoms with Crippen molar-refractivity contribution >= 4 is 6.09 Å². The lowest BCUT2D eigenvalue weighted by molar-refractivity contribution is 0.0287. The summed E-state index contributed by atoms with van der Waals surface area (Å²) in [5.41, 5.74) is 4.94. The highest BCUT2D eigenvalue weighted by molar-refractivity contribution is 5.71. The van der Waals surface area contributed by atoms with Crippen LogP contribution in [0.1, 0.15) is 39.3 Å². The maximum Gasteiger partial charge on any atom is 0.410 e. The SMILES string of the molecule is C[C@@H]1CN(C(=O)OC(C)(C)C)C[C@H]1c1cc(-c2cccc(-c3ccccc3)c2)n[nH]1. The topological polar surface area (TPSA) is 58.2 Å². The number of H-pyrrole nitrogens is 1. The molecule has 5 nitrogen and oxygen atoms in total. The third-order valence-corrected chi connectivity index (χ3v) is 5.53. The van der Waals surface area contributed by atoms with Gasteiger partial charge in [-0.2, -0.15) is 5.10 Å². The molecule has 4 rings (SSSR count). The number of carbonyl (C=O) groups excluding carboxylic acids is 1. The molecule has 1 fully saturated rings. The summed E-state index contributed by atoms with van der Waals surface area (Å²) in [6, 6.07) is 20.9. The molecule has 2 heterocycles. The van der Waals surface area contributed by atoms with E-state index in [0.717, 1.165) is 17.0 Å². The van der Waals surface area contributed by atoms with Crippen LogP contribution in [-0.2, 0) is 4.74 Å². The number of hydrogen-bond acceptors (Lipinski definition) is 3. The first-order valence-electron chi connectivity index (χ1n) is 10.5. The van der Waals surface area contributed by atoms with Crippen LogP contribution in [0.2, 0.25) is 0 Å². The summed E-state index contributed by atoms with van der Waals surface area (Å²) in [7, 11) is 0. The second kappa shape index (κ2) is 7.98. The van der Waals surface area contributed by atoms with Crippen molar-refractivity contribution in [3.05, 3.63) is 66.4 Å². The summed E-state index contributed by atoms with van der Waals surface area (Å²) >= 11 is 0. The van der Waals surface area contributed by atoms with Crippen LogP contribution in [-0.4, -0.2) is 39.9 Å². The van der Waals surface area contributed by atoms with Crippen molar-refractivity contribution in [3.63, 3.8) is 0 Å². The predicted octanol–water partition coefficient (Wildman–Crippen LogP) is 5.71. The number of likely N-dealkylation sites (tertiary alicyclic amines) is 1. The lowest BCUT2D eigenvalue weighted by Crippen LogP contribution is -2.35. The molecule has 1 aliphatic rings. The molecule has 2 atom stereocenters. The second-order valence-electron chi connectivity index (χ2n) is 9.12. The van der Waals surface area contributed by atoms with Crippen molar-refractivity contribution < 1.29 is 9.53 Å². The fourth-order valence-corrected chi connectivity index (χ4v) is 4.01. The molecule has 1 N–H and O–H groups in total. The Morgan fingerprint density at radius 1 is 1.00 bits per heavy atom. The third kappa shape index (κ3) is 4.40. The van der Waals surface area contributed by atoms with E-state index in [-0.39, 0.29) is 12.0 Å². The van der Waals surface area contributed by atoms with Gasteiger partial charge >= 0.3 is 6.09 Å². The van der Waals surface area contributed by atoms with Crippen molar-refractivity contribution in [3.8, 4) is 22.4 Å². The van der Waals surface area contributed by atoms with Crippen LogP contribution in [0.4, 0.5) is 4.79 Å². The summed E-state index contributed by atoms with van der Waals surface area (Å²) in [5.74, 6) is 0.553. The zero-order chi connectivity index (χ0) is 21.3. The van der Waals surface area contributed by atoms with Crippen molar-refractivity contribution in [2.45, 2.75) is 39.2 Å². The normalized spacial score (nSPS) is 19.1. The molecule has 0 aliphatic carbocycles. The van der Waals surface area contributed by atoms with E-state index in [1.54, 1.807) is 4.90 Å². The largest absolute Gasteiger partial charge is 0.444 e. The number of aromatic amines is 1. The predicted molar refractivity (Wildman–Crippen MR) is 119 cm³/mol. The Bertz CT molecular complexity index is 1020. The van der Waals surface area contributed by atoms with Gasteiger partial charge in [0.25, 0.3) is 0 Å². The quantitative estimate of drug-likeness (QED) is 0.609. The van der Waals surface area contributed by atoms with Gasteiger partial charge in [0.15, 0.2) is 0 Å². The third-order valence-electron chi connectivity index (χ3n) is 5.53. The standard InChI is InChI=1S/C25H29N3O2/c1-17-15-28(24(29)30-25(2,3)4)16-21(17)23-14-22(26-27-23)20-12-8-11-19(13-20)18-9-6-5-7-10-18/h5-14,17,21H,15-16H2,1-4H3,(H,26,27)/t17-,21-/m1/s1. The summed E-state index contributed by atoms with van der Waals surface area (Å²) in [6.07, 6.45) is -0.243. The molecule has 1 aromatic heterocycles. The Morgan fingerprint density at radius 2 is 1.70 bits per heavy atom. The molecule has 0 radical (unpaired) electrons.